The molecule has 0 bridgehead atoms. The van der Waals surface area contributed by atoms with Gasteiger partial charge in [-0.1, -0.05) is 25.5 Å². The SMILES string of the molecule is CCC1(c2cccc(O)c2)CCCCN(C)C1.Nc1ccc(C(=O)NC(=O)O)cc1. The number of phenols is 1. The van der Waals surface area contributed by atoms with Crippen LogP contribution in [0, 0.1) is 0 Å². The lowest BCUT2D eigenvalue weighted by atomic mass is 9.74. The van der Waals surface area contributed by atoms with E-state index in [1.807, 2.05) is 12.1 Å². The summed E-state index contributed by atoms with van der Waals surface area (Å²) in [5, 5.41) is 19.6. The Kier molecular flexibility index (Phi) is 8.24. The molecule has 2 amide bonds. The first-order chi connectivity index (χ1) is 14.3. The normalized spacial score (nSPS) is 19.1. The van der Waals surface area contributed by atoms with Crippen molar-refractivity contribution in [2.24, 2.45) is 0 Å². The van der Waals surface area contributed by atoms with Gasteiger partial charge in [0, 0.05) is 23.2 Å². The van der Waals surface area contributed by atoms with Gasteiger partial charge in [-0.05, 0) is 74.8 Å². The molecule has 3 rings (SSSR count). The first-order valence-electron chi connectivity index (χ1n) is 10.1. The summed E-state index contributed by atoms with van der Waals surface area (Å²) in [5.41, 5.74) is 7.69. The third-order valence-electron chi connectivity index (χ3n) is 5.55. The van der Waals surface area contributed by atoms with Crippen LogP contribution in [0.15, 0.2) is 48.5 Å². The number of rotatable bonds is 3. The van der Waals surface area contributed by atoms with Crippen molar-refractivity contribution in [3.8, 4) is 5.75 Å². The number of hydrogen-bond acceptors (Lipinski definition) is 5. The Balaban J connectivity index is 0.000000222. The predicted octanol–water partition coefficient (Wildman–Crippen LogP) is 3.83. The molecular weight excluding hydrogens is 382 g/mol. The van der Waals surface area contributed by atoms with E-state index in [0.29, 0.717) is 11.4 Å². The van der Waals surface area contributed by atoms with Crippen LogP contribution in [-0.2, 0) is 5.41 Å². The molecule has 1 heterocycles. The van der Waals surface area contributed by atoms with E-state index < -0.39 is 12.0 Å². The Bertz CT molecular complexity index is 854. The lowest BCUT2D eigenvalue weighted by Gasteiger charge is -2.35. The first-order valence-corrected chi connectivity index (χ1v) is 10.1. The average molecular weight is 414 g/mol. The van der Waals surface area contributed by atoms with Gasteiger partial charge in [0.05, 0.1) is 0 Å². The zero-order chi connectivity index (χ0) is 22.1. The Morgan fingerprint density at radius 1 is 1.17 bits per heavy atom. The zero-order valence-corrected chi connectivity index (χ0v) is 17.6. The molecule has 30 heavy (non-hydrogen) atoms. The van der Waals surface area contributed by atoms with E-state index in [1.54, 1.807) is 11.4 Å². The Morgan fingerprint density at radius 2 is 1.87 bits per heavy atom. The van der Waals surface area contributed by atoms with Gasteiger partial charge in [-0.2, -0.15) is 0 Å². The Labute approximate surface area is 177 Å². The smallest absolute Gasteiger partial charge is 0.411 e. The number of amides is 2. The number of carboxylic acid groups (broad SMARTS) is 1. The summed E-state index contributed by atoms with van der Waals surface area (Å²) < 4.78 is 0. The van der Waals surface area contributed by atoms with E-state index in [0.717, 1.165) is 13.0 Å². The third-order valence-corrected chi connectivity index (χ3v) is 5.55. The monoisotopic (exact) mass is 413 g/mol. The summed E-state index contributed by atoms with van der Waals surface area (Å²) in [4.78, 5) is 23.6. The number of likely N-dealkylation sites (tertiary alicyclic amines) is 1. The van der Waals surface area contributed by atoms with Crippen LogP contribution in [0.25, 0.3) is 0 Å². The van der Waals surface area contributed by atoms with Gasteiger partial charge in [-0.15, -0.1) is 0 Å². The van der Waals surface area contributed by atoms with Gasteiger partial charge in [0.15, 0.2) is 0 Å². The molecule has 7 heteroatoms. The number of nitrogens with zero attached hydrogens (tertiary/aromatic N) is 1. The number of phenolic OH excluding ortho intramolecular Hbond substituents is 1. The second kappa shape index (κ2) is 10.6. The van der Waals surface area contributed by atoms with Crippen molar-refractivity contribution in [2.45, 2.75) is 38.0 Å². The summed E-state index contributed by atoms with van der Waals surface area (Å²) in [5.74, 6) is -0.269. The van der Waals surface area contributed by atoms with Crippen LogP contribution in [0.1, 0.15) is 48.5 Å². The van der Waals surface area contributed by atoms with Crippen molar-refractivity contribution >= 4 is 17.7 Å². The summed E-state index contributed by atoms with van der Waals surface area (Å²) >= 11 is 0. The second-order valence-electron chi connectivity index (χ2n) is 7.76. The summed E-state index contributed by atoms with van der Waals surface area (Å²) in [6.07, 6.45) is 3.57. The van der Waals surface area contributed by atoms with Crippen LogP contribution in [-0.4, -0.2) is 47.3 Å². The lowest BCUT2D eigenvalue weighted by molar-refractivity contribution is 0.0948. The van der Waals surface area contributed by atoms with E-state index in [2.05, 4.69) is 24.9 Å². The highest BCUT2D eigenvalue weighted by molar-refractivity contribution is 6.02. The minimum atomic E-state index is -1.37. The standard InChI is InChI=1S/C15H23NO.C8H8N2O3/c1-3-15(9-4-5-10-16(2)12-15)13-7-6-8-14(17)11-13;9-6-3-1-5(2-4-6)7(11)10-8(12)13/h6-8,11,17H,3-5,9-10,12H2,1-2H3;1-4H,9H2,(H,10,11)(H,12,13). The van der Waals surface area contributed by atoms with E-state index in [1.165, 1.54) is 55.6 Å². The molecule has 1 atom stereocenters. The fourth-order valence-corrected chi connectivity index (χ4v) is 3.89. The molecule has 162 valence electrons. The lowest BCUT2D eigenvalue weighted by Crippen LogP contribution is -2.37. The Morgan fingerprint density at radius 3 is 2.47 bits per heavy atom. The van der Waals surface area contributed by atoms with Gasteiger partial charge in [0.2, 0.25) is 0 Å². The molecule has 2 aromatic carbocycles. The first kappa shape index (κ1) is 23.2. The van der Waals surface area contributed by atoms with Gasteiger partial charge in [-0.3, -0.25) is 10.1 Å². The number of anilines is 1. The van der Waals surface area contributed by atoms with Gasteiger partial charge in [0.1, 0.15) is 5.75 Å². The molecular formula is C23H31N3O4. The van der Waals surface area contributed by atoms with Crippen molar-refractivity contribution in [1.29, 1.82) is 0 Å². The fourth-order valence-electron chi connectivity index (χ4n) is 3.89. The van der Waals surface area contributed by atoms with Crippen LogP contribution >= 0.6 is 0 Å². The number of nitrogens with one attached hydrogen (secondary N) is 1. The number of imide groups is 1. The summed E-state index contributed by atoms with van der Waals surface area (Å²) in [6, 6.07) is 13.8. The highest BCUT2D eigenvalue weighted by Crippen LogP contribution is 2.37. The van der Waals surface area contributed by atoms with Crippen LogP contribution in [0.4, 0.5) is 10.5 Å². The molecule has 1 aliphatic rings. The number of nitrogens with two attached hydrogens (primary N) is 1. The molecule has 5 N–H and O–H groups in total. The van der Waals surface area contributed by atoms with Crippen molar-refractivity contribution in [3.63, 3.8) is 0 Å². The fraction of sp³-hybridized carbons (Fsp3) is 0.391. The number of benzene rings is 2. The van der Waals surface area contributed by atoms with E-state index in [4.69, 9.17) is 10.8 Å². The number of aromatic hydroxyl groups is 1. The number of hydrogen-bond donors (Lipinski definition) is 4. The topological polar surface area (TPSA) is 116 Å². The predicted molar refractivity (Wildman–Crippen MR) is 118 cm³/mol. The molecule has 7 nitrogen and oxygen atoms in total. The van der Waals surface area contributed by atoms with Crippen LogP contribution < -0.4 is 11.1 Å². The minimum absolute atomic E-state index is 0.226. The molecule has 0 spiro atoms. The van der Waals surface area contributed by atoms with E-state index in [-0.39, 0.29) is 11.0 Å². The molecule has 1 aliphatic heterocycles. The van der Waals surface area contributed by atoms with Crippen molar-refractivity contribution in [2.75, 3.05) is 25.9 Å². The van der Waals surface area contributed by atoms with E-state index >= 15 is 0 Å². The van der Waals surface area contributed by atoms with E-state index in [9.17, 15) is 14.7 Å². The largest absolute Gasteiger partial charge is 0.508 e. The molecule has 0 aliphatic carbocycles. The zero-order valence-electron chi connectivity index (χ0n) is 17.6. The summed E-state index contributed by atoms with van der Waals surface area (Å²) in [7, 11) is 2.21. The molecule has 1 fully saturated rings. The molecule has 0 aromatic heterocycles. The second-order valence-corrected chi connectivity index (χ2v) is 7.76. The maximum Gasteiger partial charge on any atom is 0.411 e. The van der Waals surface area contributed by atoms with Crippen molar-refractivity contribution in [3.05, 3.63) is 59.7 Å². The number of nitrogen functional groups attached to an aromatic ring is 1. The maximum atomic E-state index is 11.0. The molecule has 0 saturated carbocycles. The van der Waals surface area contributed by atoms with Crippen LogP contribution in [0.5, 0.6) is 5.75 Å². The summed E-state index contributed by atoms with van der Waals surface area (Å²) in [6.45, 7) is 4.57. The van der Waals surface area contributed by atoms with Gasteiger partial charge in [0.25, 0.3) is 5.91 Å². The molecule has 2 aromatic rings. The van der Waals surface area contributed by atoms with Gasteiger partial charge < -0.3 is 20.8 Å². The number of carbonyl (C=O) groups excluding carboxylic acids is 1. The van der Waals surface area contributed by atoms with Gasteiger partial charge >= 0.3 is 6.09 Å². The maximum absolute atomic E-state index is 11.0. The van der Waals surface area contributed by atoms with Crippen molar-refractivity contribution < 1.29 is 19.8 Å². The highest BCUT2D eigenvalue weighted by Gasteiger charge is 2.33. The number of carbonyl (C=O) groups is 2. The quantitative estimate of drug-likeness (QED) is 0.568. The number of likely N-dealkylation sites (N-methyl/N-ethyl adjacent to an activating group) is 1. The average Bonchev–Trinajstić information content (AvgIpc) is 2.90. The minimum Gasteiger partial charge on any atom is -0.508 e. The van der Waals surface area contributed by atoms with Crippen LogP contribution in [0.2, 0.25) is 0 Å². The third kappa shape index (κ3) is 6.49. The Hall–Kier alpha value is -3.06. The molecule has 0 radical (unpaired) electrons. The van der Waals surface area contributed by atoms with Crippen LogP contribution in [0.3, 0.4) is 0 Å². The molecule has 1 unspecified atom stereocenters. The molecule has 1 saturated heterocycles. The van der Waals surface area contributed by atoms with Crippen molar-refractivity contribution in [1.82, 2.24) is 10.2 Å². The van der Waals surface area contributed by atoms with Gasteiger partial charge in [-0.25, -0.2) is 4.79 Å². The highest BCUT2D eigenvalue weighted by atomic mass is 16.4.